The van der Waals surface area contributed by atoms with Crippen LogP contribution in [0.2, 0.25) is 0 Å². The van der Waals surface area contributed by atoms with Crippen molar-refractivity contribution in [2.45, 2.75) is 182 Å². The molecule has 0 saturated heterocycles. The van der Waals surface area contributed by atoms with Gasteiger partial charge in [-0.3, -0.25) is 0 Å². The van der Waals surface area contributed by atoms with Crippen molar-refractivity contribution < 1.29 is 4.57 Å². The zero-order chi connectivity index (χ0) is 24.5. The van der Waals surface area contributed by atoms with E-state index in [9.17, 15) is 0 Å². The van der Waals surface area contributed by atoms with Gasteiger partial charge in [-0.05, 0) is 31.6 Å². The van der Waals surface area contributed by atoms with Crippen LogP contribution in [0, 0.1) is 5.92 Å². The molecule has 1 aromatic rings. The van der Waals surface area contributed by atoms with Crippen molar-refractivity contribution in [3.05, 3.63) is 18.7 Å². The zero-order valence-corrected chi connectivity index (χ0v) is 23.9. The first kappa shape index (κ1) is 31.2. The normalized spacial score (nSPS) is 11.6. The fourth-order valence-corrected chi connectivity index (χ4v) is 5.10. The maximum atomic E-state index is 2.40. The molecule has 34 heavy (non-hydrogen) atoms. The van der Waals surface area contributed by atoms with E-state index in [1.165, 1.54) is 161 Å². The summed E-state index contributed by atoms with van der Waals surface area (Å²) in [5, 5.41) is 0. The summed E-state index contributed by atoms with van der Waals surface area (Å²) >= 11 is 0. The molecule has 0 aliphatic rings. The summed E-state index contributed by atoms with van der Waals surface area (Å²) in [4.78, 5) is 0. The number of aromatic nitrogens is 2. The average molecular weight is 476 g/mol. The van der Waals surface area contributed by atoms with Gasteiger partial charge in [-0.2, -0.15) is 0 Å². The lowest BCUT2D eigenvalue weighted by molar-refractivity contribution is -0.696. The molecule has 0 bridgehead atoms. The van der Waals surface area contributed by atoms with Crippen molar-refractivity contribution >= 4 is 0 Å². The highest BCUT2D eigenvalue weighted by atomic mass is 15.1. The molecule has 1 rings (SSSR count). The molecule has 200 valence electrons. The maximum Gasteiger partial charge on any atom is 0.243 e. The van der Waals surface area contributed by atoms with E-state index in [4.69, 9.17) is 0 Å². The van der Waals surface area contributed by atoms with Crippen molar-refractivity contribution in [1.82, 2.24) is 4.57 Å². The number of hydrogen-bond donors (Lipinski definition) is 0. The first-order valence-electron chi connectivity index (χ1n) is 15.8. The summed E-state index contributed by atoms with van der Waals surface area (Å²) in [7, 11) is 0. The van der Waals surface area contributed by atoms with Crippen LogP contribution in [0.15, 0.2) is 18.7 Å². The van der Waals surface area contributed by atoms with Crippen molar-refractivity contribution in [2.75, 3.05) is 0 Å². The number of nitrogens with zero attached hydrogens (tertiary/aromatic N) is 2. The summed E-state index contributed by atoms with van der Waals surface area (Å²) in [5.74, 6) is 0.890. The van der Waals surface area contributed by atoms with Gasteiger partial charge >= 0.3 is 0 Å². The van der Waals surface area contributed by atoms with E-state index >= 15 is 0 Å². The van der Waals surface area contributed by atoms with Gasteiger partial charge in [0.2, 0.25) is 6.33 Å². The monoisotopic (exact) mass is 475 g/mol. The Labute approximate surface area is 215 Å². The SMILES string of the molecule is CCCCCCCCCCn1cc[n+](CCCCCCCCCCCCCCCCC(C)C)c1. The first-order chi connectivity index (χ1) is 16.7. The van der Waals surface area contributed by atoms with E-state index in [0.29, 0.717) is 0 Å². The Morgan fingerprint density at radius 1 is 0.559 bits per heavy atom. The largest absolute Gasteiger partial charge is 0.243 e. The van der Waals surface area contributed by atoms with Crippen LogP contribution in [0.1, 0.15) is 168 Å². The minimum Gasteiger partial charge on any atom is -0.237 e. The molecule has 0 radical (unpaired) electrons. The van der Waals surface area contributed by atoms with Crippen LogP contribution < -0.4 is 4.57 Å². The summed E-state index contributed by atoms with van der Waals surface area (Å²) < 4.78 is 4.79. The van der Waals surface area contributed by atoms with Gasteiger partial charge in [0.25, 0.3) is 0 Å². The molecule has 0 aromatic carbocycles. The Bertz CT molecular complexity index is 519. The van der Waals surface area contributed by atoms with Gasteiger partial charge in [-0.15, -0.1) is 0 Å². The quantitative estimate of drug-likeness (QED) is 0.0930. The van der Waals surface area contributed by atoms with E-state index in [1.807, 2.05) is 0 Å². The minimum absolute atomic E-state index is 0.890. The molecular weight excluding hydrogens is 412 g/mol. The van der Waals surface area contributed by atoms with Gasteiger partial charge in [0.15, 0.2) is 0 Å². The summed E-state index contributed by atoms with van der Waals surface area (Å²) in [6.07, 6.45) is 39.8. The highest BCUT2D eigenvalue weighted by Gasteiger charge is 2.03. The second-order valence-electron chi connectivity index (χ2n) is 11.5. The van der Waals surface area contributed by atoms with E-state index in [2.05, 4.69) is 48.6 Å². The third-order valence-electron chi connectivity index (χ3n) is 7.46. The molecule has 2 heteroatoms. The topological polar surface area (TPSA) is 8.81 Å². The molecule has 0 aliphatic carbocycles. The fraction of sp³-hybridized carbons (Fsp3) is 0.906. The zero-order valence-electron chi connectivity index (χ0n) is 23.9. The number of imidazole rings is 1. The van der Waals surface area contributed by atoms with Crippen LogP contribution in [0.3, 0.4) is 0 Å². The van der Waals surface area contributed by atoms with Gasteiger partial charge in [-0.25, -0.2) is 9.13 Å². The van der Waals surface area contributed by atoms with Gasteiger partial charge in [0, 0.05) is 0 Å². The Morgan fingerprint density at radius 3 is 1.50 bits per heavy atom. The first-order valence-corrected chi connectivity index (χ1v) is 15.8. The fourth-order valence-electron chi connectivity index (χ4n) is 5.10. The lowest BCUT2D eigenvalue weighted by Crippen LogP contribution is -2.30. The van der Waals surface area contributed by atoms with Crippen LogP contribution in [0.25, 0.3) is 0 Å². The second-order valence-corrected chi connectivity index (χ2v) is 11.5. The highest BCUT2D eigenvalue weighted by molar-refractivity contribution is 4.66. The molecule has 1 heterocycles. The molecular formula is C32H63N2+. The predicted octanol–water partition coefficient (Wildman–Crippen LogP) is 10.4. The molecule has 0 spiro atoms. The summed E-state index contributed by atoms with van der Waals surface area (Å²) in [5.41, 5.74) is 0. The number of hydrogen-bond acceptors (Lipinski definition) is 0. The van der Waals surface area contributed by atoms with E-state index in [1.54, 1.807) is 0 Å². The molecule has 0 saturated carbocycles. The van der Waals surface area contributed by atoms with Crippen molar-refractivity contribution in [3.8, 4) is 0 Å². The van der Waals surface area contributed by atoms with Crippen LogP contribution in [0.5, 0.6) is 0 Å². The number of aryl methyl sites for hydroxylation is 2. The molecule has 0 unspecified atom stereocenters. The van der Waals surface area contributed by atoms with E-state index < -0.39 is 0 Å². The van der Waals surface area contributed by atoms with Gasteiger partial charge in [0.1, 0.15) is 12.4 Å². The smallest absolute Gasteiger partial charge is 0.237 e. The Kier molecular flexibility index (Phi) is 22.0. The van der Waals surface area contributed by atoms with Crippen LogP contribution in [0.4, 0.5) is 0 Å². The molecule has 0 aliphatic heterocycles. The van der Waals surface area contributed by atoms with Crippen LogP contribution in [-0.4, -0.2) is 4.57 Å². The van der Waals surface area contributed by atoms with Gasteiger partial charge < -0.3 is 0 Å². The van der Waals surface area contributed by atoms with Gasteiger partial charge in [-0.1, -0.05) is 143 Å². The molecule has 0 amide bonds. The van der Waals surface area contributed by atoms with E-state index in [-0.39, 0.29) is 0 Å². The van der Waals surface area contributed by atoms with Gasteiger partial charge in [0.05, 0.1) is 13.1 Å². The molecule has 0 N–H and O–H groups in total. The lowest BCUT2D eigenvalue weighted by Gasteiger charge is -2.05. The Hall–Kier alpha value is -0.790. The van der Waals surface area contributed by atoms with Crippen molar-refractivity contribution in [2.24, 2.45) is 5.92 Å². The second kappa shape index (κ2) is 23.9. The standard InChI is InChI=1S/C32H63N2/c1-4-5-6-7-8-18-21-24-27-33-29-30-34(31-33)28-25-22-19-16-14-12-10-9-11-13-15-17-20-23-26-32(2)3/h29-32H,4-28H2,1-3H3/q+1. The third-order valence-corrected chi connectivity index (χ3v) is 7.46. The number of unbranched alkanes of at least 4 members (excludes halogenated alkanes) is 20. The highest BCUT2D eigenvalue weighted by Crippen LogP contribution is 2.14. The maximum absolute atomic E-state index is 2.40. The summed E-state index contributed by atoms with van der Waals surface area (Å²) in [6.45, 7) is 9.37. The minimum atomic E-state index is 0.890. The molecule has 2 nitrogen and oxygen atoms in total. The predicted molar refractivity (Wildman–Crippen MR) is 151 cm³/mol. The summed E-state index contributed by atoms with van der Waals surface area (Å²) in [6, 6.07) is 0. The van der Waals surface area contributed by atoms with Crippen LogP contribution >= 0.6 is 0 Å². The lowest BCUT2D eigenvalue weighted by atomic mass is 10.0. The molecule has 0 fully saturated rings. The molecule has 1 aromatic heterocycles. The Balaban J connectivity index is 1.81. The van der Waals surface area contributed by atoms with E-state index in [0.717, 1.165) is 5.92 Å². The molecule has 0 atom stereocenters. The van der Waals surface area contributed by atoms with Crippen molar-refractivity contribution in [1.29, 1.82) is 0 Å². The van der Waals surface area contributed by atoms with Crippen molar-refractivity contribution in [3.63, 3.8) is 0 Å². The average Bonchev–Trinajstić information content (AvgIpc) is 3.28. The Morgan fingerprint density at radius 2 is 1.00 bits per heavy atom. The third kappa shape index (κ3) is 20.6. The van der Waals surface area contributed by atoms with Crippen LogP contribution in [-0.2, 0) is 13.1 Å². The number of rotatable bonds is 26.